The molecule has 2 atom stereocenters. The largest absolute Gasteiger partial charge is 0.337 e. The van der Waals surface area contributed by atoms with Gasteiger partial charge in [-0.25, -0.2) is 4.79 Å². The average molecular weight is 310 g/mol. The van der Waals surface area contributed by atoms with Crippen LogP contribution in [0.3, 0.4) is 0 Å². The van der Waals surface area contributed by atoms with E-state index in [1.54, 1.807) is 13.8 Å². The summed E-state index contributed by atoms with van der Waals surface area (Å²) in [6.07, 6.45) is 0.855. The summed E-state index contributed by atoms with van der Waals surface area (Å²) in [4.78, 5) is 39.2. The average Bonchev–Trinajstić information content (AvgIpc) is 2.63. The highest BCUT2D eigenvalue weighted by Crippen LogP contribution is 2.17. The zero-order valence-electron chi connectivity index (χ0n) is 13.8. The molecule has 2 aliphatic heterocycles. The molecule has 0 aliphatic carbocycles. The Kier molecular flexibility index (Phi) is 4.75. The molecule has 7 heteroatoms. The number of hydrogen-bond donors (Lipinski definition) is 2. The van der Waals surface area contributed by atoms with Crippen molar-refractivity contribution in [2.75, 3.05) is 19.6 Å². The van der Waals surface area contributed by atoms with Crippen molar-refractivity contribution in [2.45, 2.75) is 58.2 Å². The summed E-state index contributed by atoms with van der Waals surface area (Å²) >= 11 is 0. The van der Waals surface area contributed by atoms with E-state index in [9.17, 15) is 14.4 Å². The zero-order valence-corrected chi connectivity index (χ0v) is 13.8. The van der Waals surface area contributed by atoms with E-state index in [1.807, 2.05) is 11.8 Å². The van der Waals surface area contributed by atoms with Gasteiger partial charge in [-0.1, -0.05) is 0 Å². The molecule has 2 rings (SSSR count). The van der Waals surface area contributed by atoms with Crippen molar-refractivity contribution < 1.29 is 14.4 Å². The molecular weight excluding hydrogens is 284 g/mol. The highest BCUT2D eigenvalue weighted by Gasteiger charge is 2.43. The molecule has 0 aromatic heterocycles. The molecule has 2 unspecified atom stereocenters. The minimum absolute atomic E-state index is 0.0900. The molecular formula is C15H26N4O3. The Morgan fingerprint density at radius 2 is 2.00 bits per heavy atom. The fourth-order valence-electron chi connectivity index (χ4n) is 2.96. The monoisotopic (exact) mass is 310 g/mol. The van der Waals surface area contributed by atoms with E-state index in [0.29, 0.717) is 19.4 Å². The van der Waals surface area contributed by atoms with Crippen LogP contribution in [0.2, 0.25) is 0 Å². The second-order valence-electron chi connectivity index (χ2n) is 6.69. The summed E-state index contributed by atoms with van der Waals surface area (Å²) in [6, 6.07) is 0.0768. The first-order valence-corrected chi connectivity index (χ1v) is 7.91. The summed E-state index contributed by atoms with van der Waals surface area (Å²) < 4.78 is 0. The van der Waals surface area contributed by atoms with Gasteiger partial charge in [0.15, 0.2) is 0 Å². The normalized spacial score (nSPS) is 28.0. The molecule has 2 aliphatic rings. The van der Waals surface area contributed by atoms with Crippen LogP contribution in [-0.2, 0) is 9.59 Å². The molecule has 7 nitrogen and oxygen atoms in total. The van der Waals surface area contributed by atoms with Crippen LogP contribution < -0.4 is 10.6 Å². The second kappa shape index (κ2) is 6.24. The van der Waals surface area contributed by atoms with E-state index >= 15 is 0 Å². The van der Waals surface area contributed by atoms with Gasteiger partial charge in [0.05, 0.1) is 0 Å². The van der Waals surface area contributed by atoms with Crippen LogP contribution in [0, 0.1) is 0 Å². The number of rotatable bonds is 4. The van der Waals surface area contributed by atoms with Gasteiger partial charge in [-0.3, -0.25) is 14.5 Å². The molecule has 2 heterocycles. The van der Waals surface area contributed by atoms with E-state index in [-0.39, 0.29) is 36.5 Å². The van der Waals surface area contributed by atoms with Crippen LogP contribution in [0.4, 0.5) is 4.79 Å². The van der Waals surface area contributed by atoms with Crippen molar-refractivity contribution in [3.8, 4) is 0 Å². The first-order valence-electron chi connectivity index (χ1n) is 7.91. The van der Waals surface area contributed by atoms with E-state index < -0.39 is 5.54 Å². The number of piperazine rings is 1. The Labute approximate surface area is 131 Å². The fraction of sp³-hybridized carbons (Fsp3) is 0.800. The maximum atomic E-state index is 12.3. The lowest BCUT2D eigenvalue weighted by atomic mass is 10.1. The molecule has 124 valence electrons. The molecule has 0 aromatic carbocycles. The third-order valence-electron chi connectivity index (χ3n) is 4.57. The third-order valence-corrected chi connectivity index (χ3v) is 4.57. The number of nitrogens with zero attached hydrogens (tertiary/aromatic N) is 2. The van der Waals surface area contributed by atoms with Crippen LogP contribution in [0.1, 0.15) is 40.5 Å². The highest BCUT2D eigenvalue weighted by molar-refractivity contribution is 6.06. The number of nitrogens with one attached hydrogen (secondary N) is 2. The lowest BCUT2D eigenvalue weighted by Gasteiger charge is -2.38. The van der Waals surface area contributed by atoms with Crippen LogP contribution in [0.5, 0.6) is 0 Å². The van der Waals surface area contributed by atoms with Gasteiger partial charge in [0.25, 0.3) is 5.91 Å². The Morgan fingerprint density at radius 3 is 2.59 bits per heavy atom. The summed E-state index contributed by atoms with van der Waals surface area (Å²) in [5.74, 6) is -0.138. The number of urea groups is 1. The van der Waals surface area contributed by atoms with Gasteiger partial charge in [-0.05, 0) is 34.1 Å². The van der Waals surface area contributed by atoms with E-state index in [4.69, 9.17) is 0 Å². The number of amides is 4. The number of carbonyl (C=O) groups is 3. The predicted molar refractivity (Wildman–Crippen MR) is 82.2 cm³/mol. The maximum absolute atomic E-state index is 12.3. The smallest absolute Gasteiger partial charge is 0.325 e. The molecule has 4 amide bonds. The van der Waals surface area contributed by atoms with Crippen LogP contribution in [0.15, 0.2) is 0 Å². The lowest BCUT2D eigenvalue weighted by Crippen LogP contribution is -2.57. The Hall–Kier alpha value is -1.63. The van der Waals surface area contributed by atoms with Gasteiger partial charge in [0.2, 0.25) is 5.91 Å². The van der Waals surface area contributed by atoms with Gasteiger partial charge in [0, 0.05) is 38.1 Å². The first-order chi connectivity index (χ1) is 10.2. The minimum atomic E-state index is -0.844. The minimum Gasteiger partial charge on any atom is -0.337 e. The molecule has 2 fully saturated rings. The SMILES string of the molecule is CC1NCCN(C(=O)CCCN2C(=O)NC(C)(C)C2=O)C1C. The fourth-order valence-corrected chi connectivity index (χ4v) is 2.96. The quantitative estimate of drug-likeness (QED) is 0.732. The first kappa shape index (κ1) is 16.7. The van der Waals surface area contributed by atoms with E-state index in [2.05, 4.69) is 17.6 Å². The standard InChI is InChI=1S/C15H26N4O3/c1-10-11(2)18(9-7-16-10)12(20)6-5-8-19-13(21)15(3,4)17-14(19)22/h10-11,16H,5-9H2,1-4H3,(H,17,22). The van der Waals surface area contributed by atoms with Gasteiger partial charge >= 0.3 is 6.03 Å². The van der Waals surface area contributed by atoms with Crippen molar-refractivity contribution in [3.05, 3.63) is 0 Å². The molecule has 22 heavy (non-hydrogen) atoms. The zero-order chi connectivity index (χ0) is 16.5. The van der Waals surface area contributed by atoms with Gasteiger partial charge in [0.1, 0.15) is 5.54 Å². The van der Waals surface area contributed by atoms with Crippen molar-refractivity contribution in [3.63, 3.8) is 0 Å². The maximum Gasteiger partial charge on any atom is 0.325 e. The van der Waals surface area contributed by atoms with Crippen molar-refractivity contribution in [2.24, 2.45) is 0 Å². The molecule has 0 radical (unpaired) electrons. The highest BCUT2D eigenvalue weighted by atomic mass is 16.2. The molecule has 0 spiro atoms. The second-order valence-corrected chi connectivity index (χ2v) is 6.69. The lowest BCUT2D eigenvalue weighted by molar-refractivity contribution is -0.135. The molecule has 0 bridgehead atoms. The summed E-state index contributed by atoms with van der Waals surface area (Å²) in [5, 5.41) is 5.98. The Bertz CT molecular complexity index is 477. The summed E-state index contributed by atoms with van der Waals surface area (Å²) in [5.41, 5.74) is -0.844. The van der Waals surface area contributed by atoms with Crippen LogP contribution >= 0.6 is 0 Å². The van der Waals surface area contributed by atoms with Gasteiger partial charge in [-0.2, -0.15) is 0 Å². The molecule has 0 aromatic rings. The number of hydrogen-bond acceptors (Lipinski definition) is 4. The van der Waals surface area contributed by atoms with Crippen LogP contribution in [-0.4, -0.2) is 64.9 Å². The third kappa shape index (κ3) is 3.24. The number of carbonyl (C=O) groups excluding carboxylic acids is 3. The van der Waals surface area contributed by atoms with Gasteiger partial charge < -0.3 is 15.5 Å². The molecule has 2 N–H and O–H groups in total. The Morgan fingerprint density at radius 1 is 1.32 bits per heavy atom. The van der Waals surface area contributed by atoms with Crippen LogP contribution in [0.25, 0.3) is 0 Å². The van der Waals surface area contributed by atoms with E-state index in [1.165, 1.54) is 4.90 Å². The summed E-state index contributed by atoms with van der Waals surface area (Å²) in [7, 11) is 0. The van der Waals surface area contributed by atoms with Crippen molar-refractivity contribution in [1.82, 2.24) is 20.4 Å². The summed E-state index contributed by atoms with van der Waals surface area (Å²) in [6.45, 7) is 9.27. The van der Waals surface area contributed by atoms with Gasteiger partial charge in [-0.15, -0.1) is 0 Å². The number of imide groups is 1. The topological polar surface area (TPSA) is 81.8 Å². The predicted octanol–water partition coefficient (Wildman–Crippen LogP) is 0.306. The molecule has 2 saturated heterocycles. The Balaban J connectivity index is 1.82. The molecule has 0 saturated carbocycles. The van der Waals surface area contributed by atoms with Crippen molar-refractivity contribution in [1.29, 1.82) is 0 Å². The van der Waals surface area contributed by atoms with Crippen molar-refractivity contribution >= 4 is 17.8 Å². The van der Waals surface area contributed by atoms with E-state index in [0.717, 1.165) is 6.54 Å².